The third kappa shape index (κ3) is 1.75. The number of rotatable bonds is 3. The molecule has 0 atom stereocenters. The summed E-state index contributed by atoms with van der Waals surface area (Å²) < 4.78 is 25.5. The summed E-state index contributed by atoms with van der Waals surface area (Å²) in [7, 11) is -3.16. The first-order valence-electron chi connectivity index (χ1n) is 5.44. The molecule has 1 aromatic rings. The average molecular weight is 240 g/mol. The molecule has 1 heterocycles. The van der Waals surface area contributed by atoms with Crippen LogP contribution in [0.25, 0.3) is 0 Å². The van der Waals surface area contributed by atoms with Crippen LogP contribution in [0.15, 0.2) is 18.2 Å². The van der Waals surface area contributed by atoms with E-state index >= 15 is 0 Å². The fraction of sp³-hybridized carbons (Fsp3) is 0.455. The topological polar surface area (TPSA) is 63.4 Å². The van der Waals surface area contributed by atoms with Crippen molar-refractivity contribution in [1.29, 1.82) is 0 Å². The summed E-state index contributed by atoms with van der Waals surface area (Å²) in [6.07, 6.45) is 1.35. The van der Waals surface area contributed by atoms with Gasteiger partial charge in [-0.15, -0.1) is 0 Å². The Morgan fingerprint density at radius 1 is 1.44 bits per heavy atom. The van der Waals surface area contributed by atoms with Gasteiger partial charge in [0.2, 0.25) is 10.0 Å². The van der Waals surface area contributed by atoms with Gasteiger partial charge < -0.3 is 5.73 Å². The molecule has 0 unspecified atom stereocenters. The molecule has 0 saturated heterocycles. The quantitative estimate of drug-likeness (QED) is 0.812. The summed E-state index contributed by atoms with van der Waals surface area (Å²) in [6.45, 7) is 2.39. The highest BCUT2D eigenvalue weighted by atomic mass is 32.2. The lowest BCUT2D eigenvalue weighted by molar-refractivity contribution is 0.591. The Kier molecular flexibility index (Phi) is 2.80. The van der Waals surface area contributed by atoms with E-state index in [-0.39, 0.29) is 5.75 Å². The molecular weight excluding hydrogens is 224 g/mol. The summed E-state index contributed by atoms with van der Waals surface area (Å²) in [5.74, 6) is 0.196. The van der Waals surface area contributed by atoms with Gasteiger partial charge in [-0.1, -0.05) is 13.0 Å². The molecule has 0 aromatic heterocycles. The second-order valence-electron chi connectivity index (χ2n) is 3.98. The van der Waals surface area contributed by atoms with E-state index in [9.17, 15) is 8.42 Å². The van der Waals surface area contributed by atoms with E-state index in [2.05, 4.69) is 0 Å². The molecule has 1 aromatic carbocycles. The second kappa shape index (κ2) is 3.97. The number of nitrogens with two attached hydrogens (primary N) is 1. The Morgan fingerprint density at radius 3 is 2.88 bits per heavy atom. The smallest absolute Gasteiger partial charge is 0.235 e. The molecule has 0 saturated carbocycles. The lowest BCUT2D eigenvalue weighted by atomic mass is 10.1. The number of nitrogen functional groups attached to an aromatic ring is 1. The maximum absolute atomic E-state index is 12.0. The Hall–Kier alpha value is -1.23. The van der Waals surface area contributed by atoms with Crippen LogP contribution in [-0.2, 0) is 16.4 Å². The molecule has 5 heteroatoms. The summed E-state index contributed by atoms with van der Waals surface area (Å²) in [6, 6.07) is 5.44. The summed E-state index contributed by atoms with van der Waals surface area (Å²) in [5, 5.41) is 0. The van der Waals surface area contributed by atoms with Gasteiger partial charge in [0, 0.05) is 17.8 Å². The molecule has 4 nitrogen and oxygen atoms in total. The number of fused-ring (bicyclic) bond motifs is 1. The number of hydrogen-bond donors (Lipinski definition) is 1. The molecule has 0 radical (unpaired) electrons. The van der Waals surface area contributed by atoms with Crippen LogP contribution in [-0.4, -0.2) is 20.7 Å². The van der Waals surface area contributed by atoms with Gasteiger partial charge in [0.15, 0.2) is 0 Å². The molecular formula is C11H16N2O2S. The fourth-order valence-electron chi connectivity index (χ4n) is 2.09. The van der Waals surface area contributed by atoms with Gasteiger partial charge in [0.25, 0.3) is 0 Å². The average Bonchev–Trinajstić information content (AvgIpc) is 2.63. The number of anilines is 2. The molecule has 0 aliphatic carbocycles. The van der Waals surface area contributed by atoms with Gasteiger partial charge >= 0.3 is 0 Å². The van der Waals surface area contributed by atoms with E-state index in [4.69, 9.17) is 5.73 Å². The zero-order valence-corrected chi connectivity index (χ0v) is 10.1. The fourth-order valence-corrected chi connectivity index (χ4v) is 3.67. The van der Waals surface area contributed by atoms with Crippen LogP contribution in [0.5, 0.6) is 0 Å². The van der Waals surface area contributed by atoms with Crippen molar-refractivity contribution in [3.05, 3.63) is 23.8 Å². The summed E-state index contributed by atoms with van der Waals surface area (Å²) in [4.78, 5) is 0. The lowest BCUT2D eigenvalue weighted by Crippen LogP contribution is -2.31. The molecule has 0 spiro atoms. The summed E-state index contributed by atoms with van der Waals surface area (Å²) >= 11 is 0. The van der Waals surface area contributed by atoms with Crippen molar-refractivity contribution in [3.63, 3.8) is 0 Å². The van der Waals surface area contributed by atoms with Crippen LogP contribution >= 0.6 is 0 Å². The van der Waals surface area contributed by atoms with Crippen LogP contribution in [0.2, 0.25) is 0 Å². The minimum atomic E-state index is -3.16. The first kappa shape index (κ1) is 11.3. The number of sulfonamides is 1. The van der Waals surface area contributed by atoms with Crippen molar-refractivity contribution in [2.45, 2.75) is 19.8 Å². The summed E-state index contributed by atoms with van der Waals surface area (Å²) in [5.41, 5.74) is 8.23. The van der Waals surface area contributed by atoms with Gasteiger partial charge in [-0.05, 0) is 25.0 Å². The Labute approximate surface area is 96.1 Å². The monoisotopic (exact) mass is 240 g/mol. The first-order valence-corrected chi connectivity index (χ1v) is 7.05. The molecule has 2 N–H and O–H groups in total. The third-order valence-corrected chi connectivity index (χ3v) is 4.79. The predicted octanol–water partition coefficient (Wildman–Crippen LogP) is 1.37. The van der Waals surface area contributed by atoms with Crippen molar-refractivity contribution in [2.75, 3.05) is 22.3 Å². The van der Waals surface area contributed by atoms with Crippen molar-refractivity contribution < 1.29 is 8.42 Å². The number of nitrogens with zero attached hydrogens (tertiary/aromatic N) is 1. The molecule has 2 rings (SSSR count). The zero-order valence-electron chi connectivity index (χ0n) is 9.31. The molecule has 0 amide bonds. The largest absolute Gasteiger partial charge is 0.398 e. The molecule has 88 valence electrons. The van der Waals surface area contributed by atoms with Crippen LogP contribution in [0.3, 0.4) is 0 Å². The highest BCUT2D eigenvalue weighted by Crippen LogP contribution is 2.34. The highest BCUT2D eigenvalue weighted by Gasteiger charge is 2.29. The van der Waals surface area contributed by atoms with Gasteiger partial charge in [-0.2, -0.15) is 0 Å². The maximum atomic E-state index is 12.0. The molecule has 1 aliphatic heterocycles. The standard InChI is InChI=1S/C11H16N2O2S/c1-2-8-16(14,15)13-7-6-9-10(12)4-3-5-11(9)13/h3-5H,2,6-8,12H2,1H3. The maximum Gasteiger partial charge on any atom is 0.235 e. The first-order chi connectivity index (χ1) is 7.56. The predicted molar refractivity (Wildman–Crippen MR) is 66.0 cm³/mol. The Balaban J connectivity index is 2.41. The third-order valence-electron chi connectivity index (χ3n) is 2.82. The van der Waals surface area contributed by atoms with Crippen LogP contribution < -0.4 is 10.0 Å². The normalized spacial score (nSPS) is 15.2. The van der Waals surface area contributed by atoms with Crippen molar-refractivity contribution in [3.8, 4) is 0 Å². The van der Waals surface area contributed by atoms with Crippen molar-refractivity contribution in [2.24, 2.45) is 0 Å². The lowest BCUT2D eigenvalue weighted by Gasteiger charge is -2.19. The minimum absolute atomic E-state index is 0.196. The van der Waals surface area contributed by atoms with E-state index in [0.717, 1.165) is 11.3 Å². The van der Waals surface area contributed by atoms with E-state index in [1.54, 1.807) is 6.07 Å². The number of hydrogen-bond acceptors (Lipinski definition) is 3. The Morgan fingerprint density at radius 2 is 2.19 bits per heavy atom. The van der Waals surface area contributed by atoms with E-state index in [0.29, 0.717) is 25.1 Å². The second-order valence-corrected chi connectivity index (χ2v) is 6.00. The van der Waals surface area contributed by atoms with Gasteiger partial charge in [0.1, 0.15) is 0 Å². The van der Waals surface area contributed by atoms with Gasteiger partial charge in [0.05, 0.1) is 11.4 Å². The van der Waals surface area contributed by atoms with Crippen LogP contribution in [0.1, 0.15) is 18.9 Å². The van der Waals surface area contributed by atoms with Crippen molar-refractivity contribution in [1.82, 2.24) is 0 Å². The molecule has 0 bridgehead atoms. The Bertz CT molecular complexity index is 497. The molecule has 1 aliphatic rings. The molecule has 16 heavy (non-hydrogen) atoms. The zero-order chi connectivity index (χ0) is 11.8. The van der Waals surface area contributed by atoms with Gasteiger partial charge in [-0.25, -0.2) is 8.42 Å². The van der Waals surface area contributed by atoms with E-state index in [1.807, 2.05) is 19.1 Å². The molecule has 0 fully saturated rings. The minimum Gasteiger partial charge on any atom is -0.398 e. The highest BCUT2D eigenvalue weighted by molar-refractivity contribution is 7.92. The van der Waals surface area contributed by atoms with Crippen LogP contribution in [0, 0.1) is 0 Å². The van der Waals surface area contributed by atoms with Crippen molar-refractivity contribution >= 4 is 21.4 Å². The van der Waals surface area contributed by atoms with E-state index in [1.165, 1.54) is 4.31 Å². The SMILES string of the molecule is CCCS(=O)(=O)N1CCc2c(N)cccc21. The number of benzene rings is 1. The van der Waals surface area contributed by atoms with E-state index < -0.39 is 10.0 Å². The van der Waals surface area contributed by atoms with Crippen LogP contribution in [0.4, 0.5) is 11.4 Å². The van der Waals surface area contributed by atoms with Gasteiger partial charge in [-0.3, -0.25) is 4.31 Å².